The van der Waals surface area contributed by atoms with Gasteiger partial charge in [-0.15, -0.1) is 11.3 Å². The van der Waals surface area contributed by atoms with Gasteiger partial charge in [0.2, 0.25) is 5.89 Å². The lowest BCUT2D eigenvalue weighted by Crippen LogP contribution is -2.30. The van der Waals surface area contributed by atoms with E-state index in [9.17, 15) is 0 Å². The monoisotopic (exact) mass is 368 g/mol. The summed E-state index contributed by atoms with van der Waals surface area (Å²) in [6, 6.07) is 14.6. The van der Waals surface area contributed by atoms with Crippen molar-refractivity contribution in [3.05, 3.63) is 70.0 Å². The zero-order valence-corrected chi connectivity index (χ0v) is 15.7. The number of hydrogen-bond acceptors (Lipinski definition) is 6. The predicted molar refractivity (Wildman–Crippen MR) is 103 cm³/mol. The maximum Gasteiger partial charge on any atom is 0.240 e. The Hall–Kier alpha value is -2.02. The molecule has 26 heavy (non-hydrogen) atoms. The second kappa shape index (κ2) is 8.58. The number of thiophene rings is 1. The van der Waals surface area contributed by atoms with Crippen LogP contribution in [0.25, 0.3) is 0 Å². The van der Waals surface area contributed by atoms with Crippen LogP contribution in [0.5, 0.6) is 0 Å². The molecular weight excluding hydrogens is 344 g/mol. The second-order valence-corrected chi connectivity index (χ2v) is 7.78. The Bertz CT molecular complexity index is 787. The Morgan fingerprint density at radius 3 is 2.50 bits per heavy atom. The van der Waals surface area contributed by atoms with Crippen LogP contribution in [0.15, 0.2) is 52.4 Å². The van der Waals surface area contributed by atoms with Crippen LogP contribution < -0.4 is 0 Å². The van der Waals surface area contributed by atoms with E-state index in [-0.39, 0.29) is 0 Å². The molecule has 136 valence electrons. The molecule has 0 radical (unpaired) electrons. The van der Waals surface area contributed by atoms with E-state index in [4.69, 9.17) is 4.52 Å². The van der Waals surface area contributed by atoms with Crippen molar-refractivity contribution in [2.45, 2.75) is 25.9 Å². The minimum Gasteiger partial charge on any atom is -0.338 e. The SMILES string of the molecule is c1ccc(Cc2noc(CN3CCCN(Cc4cccs4)CC3)n2)cc1. The van der Waals surface area contributed by atoms with E-state index < -0.39 is 0 Å². The van der Waals surface area contributed by atoms with Crippen LogP contribution in [0.1, 0.15) is 28.6 Å². The standard InChI is InChI=1S/C20H24N4OS/c1-2-6-17(7-3-1)14-19-21-20(25-22-19)16-24-10-5-9-23(11-12-24)15-18-8-4-13-26-18/h1-4,6-8,13H,5,9-12,14-16H2. The van der Waals surface area contributed by atoms with Crippen LogP contribution in [-0.4, -0.2) is 46.1 Å². The minimum absolute atomic E-state index is 0.721. The summed E-state index contributed by atoms with van der Waals surface area (Å²) in [5.74, 6) is 1.49. The van der Waals surface area contributed by atoms with Crippen LogP contribution in [0, 0.1) is 0 Å². The fourth-order valence-corrected chi connectivity index (χ4v) is 4.11. The minimum atomic E-state index is 0.721. The first-order valence-electron chi connectivity index (χ1n) is 9.17. The number of nitrogens with zero attached hydrogens (tertiary/aromatic N) is 4. The van der Waals surface area contributed by atoms with Crippen molar-refractivity contribution in [2.75, 3.05) is 26.2 Å². The normalized spacial score (nSPS) is 16.6. The van der Waals surface area contributed by atoms with Crippen LogP contribution >= 0.6 is 11.3 Å². The van der Waals surface area contributed by atoms with E-state index in [1.54, 1.807) is 0 Å². The maximum absolute atomic E-state index is 5.48. The van der Waals surface area contributed by atoms with Gasteiger partial charge in [0.15, 0.2) is 5.82 Å². The highest BCUT2D eigenvalue weighted by molar-refractivity contribution is 7.09. The Labute approximate surface area is 158 Å². The molecule has 6 heteroatoms. The van der Waals surface area contributed by atoms with Gasteiger partial charge in [-0.25, -0.2) is 0 Å². The number of rotatable bonds is 6. The molecule has 3 aromatic rings. The molecule has 0 amide bonds. The molecule has 0 saturated carbocycles. The maximum atomic E-state index is 5.48. The Kier molecular flexibility index (Phi) is 5.74. The molecule has 2 aromatic heterocycles. The quantitative estimate of drug-likeness (QED) is 0.667. The fourth-order valence-electron chi connectivity index (χ4n) is 3.36. The van der Waals surface area contributed by atoms with Crippen molar-refractivity contribution in [3.63, 3.8) is 0 Å². The molecule has 5 nitrogen and oxygen atoms in total. The van der Waals surface area contributed by atoms with Gasteiger partial charge in [-0.05, 0) is 36.5 Å². The summed E-state index contributed by atoms with van der Waals surface area (Å²) in [6.07, 6.45) is 1.90. The first kappa shape index (κ1) is 17.4. The first-order valence-corrected chi connectivity index (χ1v) is 10.1. The summed E-state index contributed by atoms with van der Waals surface area (Å²) in [4.78, 5) is 11.0. The number of benzene rings is 1. The van der Waals surface area contributed by atoms with Gasteiger partial charge in [-0.2, -0.15) is 4.98 Å². The largest absolute Gasteiger partial charge is 0.338 e. The predicted octanol–water partition coefficient (Wildman–Crippen LogP) is 3.43. The van der Waals surface area contributed by atoms with Gasteiger partial charge < -0.3 is 4.52 Å². The smallest absolute Gasteiger partial charge is 0.240 e. The molecule has 0 unspecified atom stereocenters. The fraction of sp³-hybridized carbons (Fsp3) is 0.400. The zero-order valence-electron chi connectivity index (χ0n) is 14.9. The van der Waals surface area contributed by atoms with Crippen LogP contribution in [0.2, 0.25) is 0 Å². The lowest BCUT2D eigenvalue weighted by Gasteiger charge is -2.20. The summed E-state index contributed by atoms with van der Waals surface area (Å²) in [6.45, 7) is 6.17. The van der Waals surface area contributed by atoms with Gasteiger partial charge in [-0.1, -0.05) is 41.6 Å². The van der Waals surface area contributed by atoms with E-state index in [0.717, 1.165) is 57.4 Å². The molecule has 0 spiro atoms. The summed E-state index contributed by atoms with van der Waals surface area (Å²) >= 11 is 1.84. The molecule has 1 fully saturated rings. The van der Waals surface area contributed by atoms with E-state index >= 15 is 0 Å². The Balaban J connectivity index is 1.29. The van der Waals surface area contributed by atoms with Gasteiger partial charge in [0.25, 0.3) is 0 Å². The van der Waals surface area contributed by atoms with Gasteiger partial charge in [0.05, 0.1) is 6.54 Å². The van der Waals surface area contributed by atoms with Crippen molar-refractivity contribution in [3.8, 4) is 0 Å². The molecular formula is C20H24N4OS. The molecule has 1 saturated heterocycles. The van der Waals surface area contributed by atoms with Crippen LogP contribution in [-0.2, 0) is 19.5 Å². The molecule has 1 aliphatic rings. The van der Waals surface area contributed by atoms with Gasteiger partial charge in [-0.3, -0.25) is 9.80 Å². The van der Waals surface area contributed by atoms with Crippen LogP contribution in [0.4, 0.5) is 0 Å². The Morgan fingerprint density at radius 2 is 1.73 bits per heavy atom. The van der Waals surface area contributed by atoms with Crippen molar-refractivity contribution >= 4 is 11.3 Å². The van der Waals surface area contributed by atoms with Gasteiger partial charge in [0, 0.05) is 30.9 Å². The topological polar surface area (TPSA) is 45.4 Å². The van der Waals surface area contributed by atoms with E-state index in [1.165, 1.54) is 16.9 Å². The van der Waals surface area contributed by atoms with Crippen molar-refractivity contribution < 1.29 is 4.52 Å². The summed E-state index contributed by atoms with van der Waals surface area (Å²) < 4.78 is 5.48. The van der Waals surface area contributed by atoms with E-state index in [0.29, 0.717) is 0 Å². The highest BCUT2D eigenvalue weighted by Crippen LogP contribution is 2.15. The second-order valence-electron chi connectivity index (χ2n) is 6.75. The Morgan fingerprint density at radius 1 is 0.923 bits per heavy atom. The summed E-state index contributed by atoms with van der Waals surface area (Å²) in [5, 5.41) is 6.30. The molecule has 0 aliphatic carbocycles. The third-order valence-electron chi connectivity index (χ3n) is 4.71. The van der Waals surface area contributed by atoms with E-state index in [1.807, 2.05) is 29.5 Å². The van der Waals surface area contributed by atoms with Gasteiger partial charge in [0.1, 0.15) is 0 Å². The zero-order chi connectivity index (χ0) is 17.6. The summed E-state index contributed by atoms with van der Waals surface area (Å²) in [7, 11) is 0. The first-order chi connectivity index (χ1) is 12.8. The molecule has 0 atom stereocenters. The number of aromatic nitrogens is 2. The van der Waals surface area contributed by atoms with Gasteiger partial charge >= 0.3 is 0 Å². The molecule has 0 N–H and O–H groups in total. The average molecular weight is 369 g/mol. The molecule has 1 aromatic carbocycles. The third-order valence-corrected chi connectivity index (χ3v) is 5.58. The third kappa shape index (κ3) is 4.78. The van der Waals surface area contributed by atoms with Crippen molar-refractivity contribution in [1.29, 1.82) is 0 Å². The molecule has 1 aliphatic heterocycles. The van der Waals surface area contributed by atoms with Crippen LogP contribution in [0.3, 0.4) is 0 Å². The highest BCUT2D eigenvalue weighted by atomic mass is 32.1. The van der Waals surface area contributed by atoms with Crippen molar-refractivity contribution in [1.82, 2.24) is 19.9 Å². The molecule has 0 bridgehead atoms. The number of hydrogen-bond donors (Lipinski definition) is 0. The van der Waals surface area contributed by atoms with Crippen molar-refractivity contribution in [2.24, 2.45) is 0 Å². The highest BCUT2D eigenvalue weighted by Gasteiger charge is 2.18. The average Bonchev–Trinajstić information content (AvgIpc) is 3.27. The lowest BCUT2D eigenvalue weighted by atomic mass is 10.1. The molecule has 4 rings (SSSR count). The van der Waals surface area contributed by atoms with E-state index in [2.05, 4.69) is 49.6 Å². The molecule has 3 heterocycles. The summed E-state index contributed by atoms with van der Waals surface area (Å²) in [5.41, 5.74) is 1.21. The lowest BCUT2D eigenvalue weighted by molar-refractivity contribution is 0.222.